The van der Waals surface area contributed by atoms with Crippen LogP contribution in [0.3, 0.4) is 0 Å². The lowest BCUT2D eigenvalue weighted by atomic mass is 10.0. The van der Waals surface area contributed by atoms with Gasteiger partial charge < -0.3 is 9.32 Å². The van der Waals surface area contributed by atoms with Crippen LogP contribution in [0.1, 0.15) is 0 Å². The van der Waals surface area contributed by atoms with Crippen LogP contribution in [-0.4, -0.2) is 4.98 Å². The van der Waals surface area contributed by atoms with Gasteiger partial charge in [0.25, 0.3) is 0 Å². The lowest BCUT2D eigenvalue weighted by Gasteiger charge is -2.25. The Morgan fingerprint density at radius 1 is 0.585 bits per heavy atom. The van der Waals surface area contributed by atoms with Gasteiger partial charge in [0.2, 0.25) is 5.43 Å². The van der Waals surface area contributed by atoms with Crippen LogP contribution in [0.15, 0.2) is 143 Å². The molecule has 0 atom stereocenters. The van der Waals surface area contributed by atoms with E-state index in [0.717, 1.165) is 48.4 Å². The number of para-hydroxylation sites is 2. The predicted molar refractivity (Wildman–Crippen MR) is 171 cm³/mol. The highest BCUT2D eigenvalue weighted by molar-refractivity contribution is 7.26. The normalized spacial score (nSPS) is 11.5. The van der Waals surface area contributed by atoms with E-state index in [-0.39, 0.29) is 5.43 Å². The van der Waals surface area contributed by atoms with Crippen molar-refractivity contribution in [3.8, 4) is 11.1 Å². The molecule has 41 heavy (non-hydrogen) atoms. The van der Waals surface area contributed by atoms with Crippen LogP contribution < -0.4 is 10.3 Å². The molecule has 8 rings (SSSR count). The number of nitrogens with zero attached hydrogens (tertiary/aromatic N) is 2. The van der Waals surface area contributed by atoms with Crippen molar-refractivity contribution in [2.75, 3.05) is 4.90 Å². The standard InChI is InChI=1S/C36H22N2O2S/c39-35-29-20-24(23-16-18-37-19-17-23)14-15-32(29)40-33-21-28-27-12-7-13-31(36(27)41-34(28)22-30(33)35)38(25-8-3-1-4-9-25)26-10-5-2-6-11-26/h1-22H. The number of anilines is 3. The molecule has 3 heterocycles. The number of fused-ring (bicyclic) bond motifs is 5. The van der Waals surface area contributed by atoms with Crippen LogP contribution in [0, 0.1) is 0 Å². The van der Waals surface area contributed by atoms with Gasteiger partial charge in [-0.05, 0) is 77.9 Å². The van der Waals surface area contributed by atoms with Crippen molar-refractivity contribution in [1.82, 2.24) is 4.98 Å². The molecule has 3 aromatic heterocycles. The first-order valence-corrected chi connectivity index (χ1v) is 14.2. The van der Waals surface area contributed by atoms with E-state index in [9.17, 15) is 4.79 Å². The van der Waals surface area contributed by atoms with Gasteiger partial charge in [0.15, 0.2) is 0 Å². The van der Waals surface area contributed by atoms with Gasteiger partial charge in [0, 0.05) is 39.2 Å². The van der Waals surface area contributed by atoms with Crippen molar-refractivity contribution in [2.24, 2.45) is 0 Å². The van der Waals surface area contributed by atoms with Crippen LogP contribution in [0.5, 0.6) is 0 Å². The van der Waals surface area contributed by atoms with Crippen molar-refractivity contribution < 1.29 is 4.42 Å². The summed E-state index contributed by atoms with van der Waals surface area (Å²) in [6, 6.07) is 40.9. The van der Waals surface area contributed by atoms with E-state index in [1.165, 1.54) is 0 Å². The number of aromatic nitrogens is 1. The highest BCUT2D eigenvalue weighted by atomic mass is 32.1. The predicted octanol–water partition coefficient (Wildman–Crippen LogP) is 9.85. The number of rotatable bonds is 4. The summed E-state index contributed by atoms with van der Waals surface area (Å²) in [6.07, 6.45) is 3.51. The lowest BCUT2D eigenvalue weighted by Crippen LogP contribution is -2.09. The summed E-state index contributed by atoms with van der Waals surface area (Å²) >= 11 is 1.71. The van der Waals surface area contributed by atoms with Gasteiger partial charge in [-0.1, -0.05) is 54.6 Å². The number of hydrogen-bond acceptors (Lipinski definition) is 5. The Bertz CT molecular complexity index is 2240. The van der Waals surface area contributed by atoms with E-state index < -0.39 is 0 Å². The Labute approximate surface area is 239 Å². The molecule has 0 bridgehead atoms. The van der Waals surface area contributed by atoms with Gasteiger partial charge in [-0.15, -0.1) is 11.3 Å². The molecule has 0 aliphatic carbocycles. The molecule has 0 amide bonds. The molecule has 0 aliphatic heterocycles. The summed E-state index contributed by atoms with van der Waals surface area (Å²) in [4.78, 5) is 20.2. The zero-order valence-electron chi connectivity index (χ0n) is 21.8. The third-order valence-electron chi connectivity index (χ3n) is 7.55. The van der Waals surface area contributed by atoms with Gasteiger partial charge in [-0.3, -0.25) is 9.78 Å². The van der Waals surface area contributed by atoms with Crippen molar-refractivity contribution in [3.63, 3.8) is 0 Å². The fourth-order valence-electron chi connectivity index (χ4n) is 5.61. The molecule has 194 valence electrons. The Kier molecular flexibility index (Phi) is 5.43. The zero-order chi connectivity index (χ0) is 27.3. The molecular formula is C36H22N2O2S. The minimum Gasteiger partial charge on any atom is -0.456 e. The molecule has 0 spiro atoms. The van der Waals surface area contributed by atoms with Crippen LogP contribution in [0.4, 0.5) is 17.1 Å². The summed E-state index contributed by atoms with van der Waals surface area (Å²) < 4.78 is 8.55. The number of pyridine rings is 1. The number of thiophene rings is 1. The van der Waals surface area contributed by atoms with E-state index in [0.29, 0.717) is 21.9 Å². The minimum absolute atomic E-state index is 0.0214. The fourth-order valence-corrected chi connectivity index (χ4v) is 6.84. The van der Waals surface area contributed by atoms with Crippen molar-refractivity contribution >= 4 is 70.5 Å². The van der Waals surface area contributed by atoms with E-state index in [1.54, 1.807) is 23.7 Å². The second-order valence-electron chi connectivity index (χ2n) is 9.98. The Morgan fingerprint density at radius 2 is 1.29 bits per heavy atom. The third-order valence-corrected chi connectivity index (χ3v) is 8.74. The van der Waals surface area contributed by atoms with Gasteiger partial charge in [-0.2, -0.15) is 0 Å². The molecule has 0 saturated heterocycles. The van der Waals surface area contributed by atoms with E-state index in [2.05, 4.69) is 76.6 Å². The van der Waals surface area contributed by atoms with Crippen molar-refractivity contribution in [2.45, 2.75) is 0 Å². The van der Waals surface area contributed by atoms with Gasteiger partial charge >= 0.3 is 0 Å². The first-order valence-electron chi connectivity index (χ1n) is 13.4. The maximum absolute atomic E-state index is 13.8. The highest BCUT2D eigenvalue weighted by Gasteiger charge is 2.19. The summed E-state index contributed by atoms with van der Waals surface area (Å²) in [5.41, 5.74) is 6.39. The maximum atomic E-state index is 13.8. The smallest absolute Gasteiger partial charge is 0.200 e. The van der Waals surface area contributed by atoms with E-state index in [4.69, 9.17) is 4.42 Å². The monoisotopic (exact) mass is 546 g/mol. The third kappa shape index (κ3) is 3.90. The quantitative estimate of drug-likeness (QED) is 0.206. The Morgan fingerprint density at radius 3 is 2.02 bits per heavy atom. The van der Waals surface area contributed by atoms with Gasteiger partial charge in [0.05, 0.1) is 21.2 Å². The van der Waals surface area contributed by atoms with Crippen molar-refractivity contribution in [1.29, 1.82) is 0 Å². The molecule has 5 heteroatoms. The number of hydrogen-bond donors (Lipinski definition) is 0. The average Bonchev–Trinajstić information content (AvgIpc) is 3.40. The molecule has 0 N–H and O–H groups in total. The zero-order valence-corrected chi connectivity index (χ0v) is 22.6. The second kappa shape index (κ2) is 9.44. The molecule has 0 aliphatic rings. The fraction of sp³-hybridized carbons (Fsp3) is 0. The second-order valence-corrected chi connectivity index (χ2v) is 11.0. The van der Waals surface area contributed by atoms with Crippen molar-refractivity contribution in [3.05, 3.63) is 144 Å². The van der Waals surface area contributed by atoms with E-state index >= 15 is 0 Å². The Hall–Kier alpha value is -5.26. The first-order chi connectivity index (χ1) is 20.2. The van der Waals surface area contributed by atoms with Crippen LogP contribution >= 0.6 is 11.3 Å². The van der Waals surface area contributed by atoms with Crippen LogP contribution in [-0.2, 0) is 0 Å². The van der Waals surface area contributed by atoms with Crippen LogP contribution in [0.25, 0.3) is 53.2 Å². The molecule has 8 aromatic rings. The van der Waals surface area contributed by atoms with Gasteiger partial charge in [-0.25, -0.2) is 0 Å². The summed E-state index contributed by atoms with van der Waals surface area (Å²) in [6.45, 7) is 0. The topological polar surface area (TPSA) is 46.3 Å². The maximum Gasteiger partial charge on any atom is 0.200 e. The summed E-state index contributed by atoms with van der Waals surface area (Å²) in [5, 5.41) is 3.38. The summed E-state index contributed by atoms with van der Waals surface area (Å²) in [7, 11) is 0. The first kappa shape index (κ1) is 23.6. The highest BCUT2D eigenvalue weighted by Crippen LogP contribution is 2.45. The molecular weight excluding hydrogens is 524 g/mol. The number of benzene rings is 5. The summed E-state index contributed by atoms with van der Waals surface area (Å²) in [5.74, 6) is 0. The SMILES string of the molecule is O=c1c2cc(-c3ccncc3)ccc2oc2cc3c(cc12)sc1c(N(c2ccccc2)c2ccccc2)cccc13. The van der Waals surface area contributed by atoms with Gasteiger partial charge in [0.1, 0.15) is 11.2 Å². The largest absolute Gasteiger partial charge is 0.456 e. The minimum atomic E-state index is -0.0214. The Balaban J connectivity index is 1.36. The molecule has 5 aromatic carbocycles. The van der Waals surface area contributed by atoms with E-state index in [1.807, 2.05) is 54.6 Å². The molecule has 0 radical (unpaired) electrons. The lowest BCUT2D eigenvalue weighted by molar-refractivity contribution is 0.660. The molecule has 0 saturated carbocycles. The molecule has 0 unspecified atom stereocenters. The molecule has 4 nitrogen and oxygen atoms in total. The molecule has 0 fully saturated rings. The average molecular weight is 547 g/mol. The van der Waals surface area contributed by atoms with Crippen LogP contribution in [0.2, 0.25) is 0 Å².